The molecule has 1 aromatic heterocycles. The van der Waals surface area contributed by atoms with Crippen molar-refractivity contribution in [2.45, 2.75) is 18.4 Å². The second kappa shape index (κ2) is 6.88. The first kappa shape index (κ1) is 16.3. The Morgan fingerprint density at radius 3 is 2.67 bits per heavy atom. The molecule has 24 heavy (non-hydrogen) atoms. The van der Waals surface area contributed by atoms with Crippen molar-refractivity contribution in [1.82, 2.24) is 9.55 Å². The van der Waals surface area contributed by atoms with Crippen molar-refractivity contribution in [1.29, 1.82) is 0 Å². The van der Waals surface area contributed by atoms with Crippen LogP contribution in [0.5, 0.6) is 0 Å². The zero-order valence-corrected chi connectivity index (χ0v) is 14.3. The molecule has 0 atom stereocenters. The van der Waals surface area contributed by atoms with Crippen molar-refractivity contribution < 1.29 is 4.79 Å². The molecule has 0 aliphatic carbocycles. The fourth-order valence-corrected chi connectivity index (χ4v) is 3.10. The number of amides is 1. The highest BCUT2D eigenvalue weighted by atomic mass is 32.2. The van der Waals surface area contributed by atoms with Crippen LogP contribution >= 0.6 is 11.8 Å². The number of fused-ring (bicyclic) bond motifs is 1. The SMILES string of the molecule is CSc1ccccc1NC(=O)Cn1c(C)nc2ccccc2c1=O. The van der Waals surface area contributed by atoms with E-state index < -0.39 is 0 Å². The van der Waals surface area contributed by atoms with E-state index in [1.807, 2.05) is 36.6 Å². The van der Waals surface area contributed by atoms with Gasteiger partial charge >= 0.3 is 0 Å². The predicted molar refractivity (Wildman–Crippen MR) is 97.6 cm³/mol. The first-order valence-corrected chi connectivity index (χ1v) is 8.71. The molecule has 0 bridgehead atoms. The van der Waals surface area contributed by atoms with Crippen molar-refractivity contribution in [3.63, 3.8) is 0 Å². The van der Waals surface area contributed by atoms with Crippen LogP contribution in [0.2, 0.25) is 0 Å². The minimum Gasteiger partial charge on any atom is -0.324 e. The topological polar surface area (TPSA) is 64.0 Å². The van der Waals surface area contributed by atoms with Crippen LogP contribution in [0.4, 0.5) is 5.69 Å². The highest BCUT2D eigenvalue weighted by Gasteiger charge is 2.12. The van der Waals surface area contributed by atoms with Crippen molar-refractivity contribution in [2.24, 2.45) is 0 Å². The summed E-state index contributed by atoms with van der Waals surface area (Å²) in [7, 11) is 0. The van der Waals surface area contributed by atoms with Gasteiger partial charge in [-0.15, -0.1) is 11.8 Å². The monoisotopic (exact) mass is 339 g/mol. The summed E-state index contributed by atoms with van der Waals surface area (Å²) in [5.74, 6) is 0.269. The fraction of sp³-hybridized carbons (Fsp3) is 0.167. The lowest BCUT2D eigenvalue weighted by molar-refractivity contribution is -0.116. The number of nitrogens with one attached hydrogen (secondary N) is 1. The number of hydrogen-bond donors (Lipinski definition) is 1. The van der Waals surface area contributed by atoms with Crippen LogP contribution in [-0.4, -0.2) is 21.7 Å². The van der Waals surface area contributed by atoms with E-state index in [4.69, 9.17) is 0 Å². The van der Waals surface area contributed by atoms with Gasteiger partial charge in [0.05, 0.1) is 16.6 Å². The van der Waals surface area contributed by atoms with Gasteiger partial charge in [-0.05, 0) is 37.4 Å². The summed E-state index contributed by atoms with van der Waals surface area (Å²) in [5, 5.41) is 3.38. The summed E-state index contributed by atoms with van der Waals surface area (Å²) in [6.45, 7) is 1.67. The Kier molecular flexibility index (Phi) is 4.66. The molecule has 5 nitrogen and oxygen atoms in total. The lowest BCUT2D eigenvalue weighted by Gasteiger charge is -2.12. The molecule has 0 saturated heterocycles. The maximum atomic E-state index is 12.6. The number of aryl methyl sites for hydroxylation is 1. The molecule has 0 radical (unpaired) electrons. The van der Waals surface area contributed by atoms with Crippen LogP contribution in [-0.2, 0) is 11.3 Å². The van der Waals surface area contributed by atoms with Crippen LogP contribution in [0.15, 0.2) is 58.2 Å². The lowest BCUT2D eigenvalue weighted by Crippen LogP contribution is -2.30. The van der Waals surface area contributed by atoms with E-state index in [0.29, 0.717) is 16.7 Å². The zero-order chi connectivity index (χ0) is 17.1. The number of carbonyl (C=O) groups is 1. The number of benzene rings is 2. The molecule has 1 heterocycles. The number of para-hydroxylation sites is 2. The smallest absolute Gasteiger partial charge is 0.261 e. The number of anilines is 1. The number of hydrogen-bond acceptors (Lipinski definition) is 4. The first-order valence-electron chi connectivity index (χ1n) is 7.49. The molecule has 0 aliphatic heterocycles. The van der Waals surface area contributed by atoms with Crippen LogP contribution in [0.1, 0.15) is 5.82 Å². The Bertz CT molecular complexity index is 966. The number of thioether (sulfide) groups is 1. The highest BCUT2D eigenvalue weighted by Crippen LogP contribution is 2.24. The third kappa shape index (κ3) is 3.19. The molecule has 0 aliphatic rings. The van der Waals surface area contributed by atoms with Gasteiger partial charge < -0.3 is 5.32 Å². The van der Waals surface area contributed by atoms with E-state index in [2.05, 4.69) is 10.3 Å². The Morgan fingerprint density at radius 2 is 1.88 bits per heavy atom. The number of aromatic nitrogens is 2. The average Bonchev–Trinajstić information content (AvgIpc) is 2.59. The van der Waals surface area contributed by atoms with Gasteiger partial charge in [-0.3, -0.25) is 14.2 Å². The second-order valence-corrected chi connectivity index (χ2v) is 6.16. The molecule has 0 unspecified atom stereocenters. The van der Waals surface area contributed by atoms with Crippen LogP contribution in [0, 0.1) is 6.92 Å². The van der Waals surface area contributed by atoms with Gasteiger partial charge in [0.2, 0.25) is 5.91 Å². The predicted octanol–water partition coefficient (Wildman–Crippen LogP) is 3.07. The lowest BCUT2D eigenvalue weighted by atomic mass is 10.2. The third-order valence-electron chi connectivity index (χ3n) is 3.74. The molecule has 0 saturated carbocycles. The Morgan fingerprint density at radius 1 is 1.17 bits per heavy atom. The van der Waals surface area contributed by atoms with Gasteiger partial charge in [0.1, 0.15) is 12.4 Å². The van der Waals surface area contributed by atoms with Crippen molar-refractivity contribution in [3.8, 4) is 0 Å². The Hall–Kier alpha value is -2.60. The van der Waals surface area contributed by atoms with E-state index in [0.717, 1.165) is 10.6 Å². The third-order valence-corrected chi connectivity index (χ3v) is 4.53. The molecule has 6 heteroatoms. The molecule has 1 amide bonds. The van der Waals surface area contributed by atoms with Crippen molar-refractivity contribution in [3.05, 3.63) is 64.7 Å². The van der Waals surface area contributed by atoms with Crippen molar-refractivity contribution in [2.75, 3.05) is 11.6 Å². The standard InChI is InChI=1S/C18H17N3O2S/c1-12-19-14-8-4-3-7-13(14)18(23)21(12)11-17(22)20-15-9-5-6-10-16(15)24-2/h3-10H,11H2,1-2H3,(H,20,22). The van der Waals surface area contributed by atoms with E-state index in [9.17, 15) is 9.59 Å². The van der Waals surface area contributed by atoms with E-state index in [1.165, 1.54) is 4.57 Å². The van der Waals surface area contributed by atoms with Crippen LogP contribution < -0.4 is 10.9 Å². The van der Waals surface area contributed by atoms with Gasteiger partial charge in [0, 0.05) is 4.90 Å². The minimum absolute atomic E-state index is 0.0643. The maximum Gasteiger partial charge on any atom is 0.261 e. The number of carbonyl (C=O) groups excluding carboxylic acids is 1. The average molecular weight is 339 g/mol. The summed E-state index contributed by atoms with van der Waals surface area (Å²) < 4.78 is 1.40. The van der Waals surface area contributed by atoms with Gasteiger partial charge in [-0.25, -0.2) is 4.98 Å². The van der Waals surface area contributed by atoms with Gasteiger partial charge in [-0.2, -0.15) is 0 Å². The van der Waals surface area contributed by atoms with E-state index in [1.54, 1.807) is 36.9 Å². The maximum absolute atomic E-state index is 12.6. The summed E-state index contributed by atoms with van der Waals surface area (Å²) in [5.41, 5.74) is 1.19. The van der Waals surface area contributed by atoms with Crippen LogP contribution in [0.3, 0.4) is 0 Å². The number of nitrogens with zero attached hydrogens (tertiary/aromatic N) is 2. The molecular weight excluding hydrogens is 322 g/mol. The van der Waals surface area contributed by atoms with E-state index in [-0.39, 0.29) is 18.0 Å². The molecular formula is C18H17N3O2S. The number of rotatable bonds is 4. The molecule has 3 rings (SSSR count). The molecule has 0 fully saturated rings. The first-order chi connectivity index (χ1) is 11.6. The Labute approximate surface area is 143 Å². The molecule has 0 spiro atoms. The largest absolute Gasteiger partial charge is 0.324 e. The summed E-state index contributed by atoms with van der Waals surface area (Å²) in [6.07, 6.45) is 1.95. The van der Waals surface area contributed by atoms with Crippen LogP contribution in [0.25, 0.3) is 10.9 Å². The van der Waals surface area contributed by atoms with Gasteiger partial charge in [0.15, 0.2) is 0 Å². The zero-order valence-electron chi connectivity index (χ0n) is 13.4. The second-order valence-electron chi connectivity index (χ2n) is 5.32. The molecule has 3 aromatic rings. The minimum atomic E-state index is -0.251. The van der Waals surface area contributed by atoms with Gasteiger partial charge in [-0.1, -0.05) is 24.3 Å². The van der Waals surface area contributed by atoms with Crippen molar-refractivity contribution >= 4 is 34.3 Å². The summed E-state index contributed by atoms with van der Waals surface area (Å²) in [4.78, 5) is 30.4. The Balaban J connectivity index is 1.90. The fourth-order valence-electron chi connectivity index (χ4n) is 2.55. The molecule has 2 aromatic carbocycles. The summed E-state index contributed by atoms with van der Waals surface area (Å²) in [6, 6.07) is 14.7. The normalized spacial score (nSPS) is 10.8. The molecule has 122 valence electrons. The quantitative estimate of drug-likeness (QED) is 0.742. The highest BCUT2D eigenvalue weighted by molar-refractivity contribution is 7.98. The summed E-state index contributed by atoms with van der Waals surface area (Å²) >= 11 is 1.56. The molecule has 1 N–H and O–H groups in total. The van der Waals surface area contributed by atoms with E-state index >= 15 is 0 Å². The van der Waals surface area contributed by atoms with Gasteiger partial charge in [0.25, 0.3) is 5.56 Å².